The van der Waals surface area contributed by atoms with E-state index < -0.39 is 0 Å². The summed E-state index contributed by atoms with van der Waals surface area (Å²) in [6.07, 6.45) is 3.96. The van der Waals surface area contributed by atoms with Crippen LogP contribution < -0.4 is 0 Å². The zero-order chi connectivity index (χ0) is 15.4. The molecule has 8 nitrogen and oxygen atoms in total. The molecule has 8 heteroatoms. The molecule has 1 aliphatic rings. The van der Waals surface area contributed by atoms with E-state index in [0.717, 1.165) is 25.8 Å². The monoisotopic (exact) mass is 307 g/mol. The highest BCUT2D eigenvalue weighted by molar-refractivity contribution is 4.97. The zero-order valence-corrected chi connectivity index (χ0v) is 13.0. The molecule has 0 spiro atoms. The predicted octanol–water partition coefficient (Wildman–Crippen LogP) is 1.68. The molecule has 1 atom stereocenters. The van der Waals surface area contributed by atoms with Crippen molar-refractivity contribution in [2.24, 2.45) is 0 Å². The van der Waals surface area contributed by atoms with Crippen LogP contribution in [-0.2, 0) is 17.7 Å². The average molecular weight is 307 g/mol. The van der Waals surface area contributed by atoms with Crippen molar-refractivity contribution >= 4 is 0 Å². The van der Waals surface area contributed by atoms with Crippen LogP contribution in [-0.4, -0.2) is 45.5 Å². The van der Waals surface area contributed by atoms with Crippen LogP contribution >= 0.6 is 0 Å². The van der Waals surface area contributed by atoms with Crippen LogP contribution in [0.4, 0.5) is 0 Å². The van der Waals surface area contributed by atoms with Gasteiger partial charge in [0.05, 0.1) is 19.2 Å². The molecule has 0 aromatic carbocycles. The van der Waals surface area contributed by atoms with Crippen LogP contribution in [0, 0.1) is 6.92 Å². The summed E-state index contributed by atoms with van der Waals surface area (Å²) in [4.78, 5) is 6.77. The number of likely N-dealkylation sites (tertiary alicyclic amines) is 1. The van der Waals surface area contributed by atoms with Crippen LogP contribution in [0.5, 0.6) is 0 Å². The van der Waals surface area contributed by atoms with Gasteiger partial charge >= 0.3 is 0 Å². The summed E-state index contributed by atoms with van der Waals surface area (Å²) in [6.45, 7) is 3.96. The van der Waals surface area contributed by atoms with Gasteiger partial charge in [-0.25, -0.2) is 0 Å². The van der Waals surface area contributed by atoms with Gasteiger partial charge in [-0.15, -0.1) is 10.2 Å². The third-order valence-electron chi connectivity index (χ3n) is 3.82. The van der Waals surface area contributed by atoms with Crippen LogP contribution in [0.25, 0.3) is 0 Å². The topological polar surface area (TPSA) is 90.3 Å². The third-order valence-corrected chi connectivity index (χ3v) is 3.82. The highest BCUT2D eigenvalue weighted by atomic mass is 16.5. The SMILES string of the molecule is COCCc1noc([C@H]2CCCCN2Cc2nnc(C)o2)n1. The molecule has 0 saturated carbocycles. The van der Waals surface area contributed by atoms with Gasteiger partial charge in [0.1, 0.15) is 0 Å². The number of aromatic nitrogens is 4. The maximum atomic E-state index is 5.48. The lowest BCUT2D eigenvalue weighted by atomic mass is 10.0. The third kappa shape index (κ3) is 3.50. The molecular formula is C14H21N5O3. The molecular weight excluding hydrogens is 286 g/mol. The molecule has 1 saturated heterocycles. The first-order valence-corrected chi connectivity index (χ1v) is 7.60. The molecule has 1 fully saturated rings. The van der Waals surface area contributed by atoms with E-state index in [2.05, 4.69) is 25.2 Å². The molecule has 120 valence electrons. The molecule has 0 N–H and O–H groups in total. The van der Waals surface area contributed by atoms with E-state index in [1.807, 2.05) is 0 Å². The molecule has 0 bridgehead atoms. The molecule has 2 aromatic heterocycles. The Morgan fingerprint density at radius 2 is 2.23 bits per heavy atom. The molecule has 2 aromatic rings. The van der Waals surface area contributed by atoms with E-state index in [9.17, 15) is 0 Å². The standard InChI is InChI=1S/C14H21N5O3/c1-10-16-17-13(21-10)9-19-7-4-3-5-11(19)14-15-12(18-22-14)6-8-20-2/h11H,3-9H2,1-2H3/t11-/m1/s1. The summed E-state index contributed by atoms with van der Waals surface area (Å²) in [6, 6.07) is 0.116. The minimum atomic E-state index is 0.116. The van der Waals surface area contributed by atoms with Crippen molar-refractivity contribution in [1.29, 1.82) is 0 Å². The van der Waals surface area contributed by atoms with E-state index in [0.29, 0.717) is 43.1 Å². The number of nitrogens with zero attached hydrogens (tertiary/aromatic N) is 5. The number of rotatable bonds is 6. The van der Waals surface area contributed by atoms with Crippen molar-refractivity contribution in [3.63, 3.8) is 0 Å². The maximum absolute atomic E-state index is 5.48. The smallest absolute Gasteiger partial charge is 0.244 e. The van der Waals surface area contributed by atoms with Gasteiger partial charge in [0.2, 0.25) is 17.7 Å². The highest BCUT2D eigenvalue weighted by Gasteiger charge is 2.29. The summed E-state index contributed by atoms with van der Waals surface area (Å²) in [5, 5.41) is 12.0. The average Bonchev–Trinajstić information content (AvgIpc) is 3.15. The van der Waals surface area contributed by atoms with Crippen LogP contribution in [0.15, 0.2) is 8.94 Å². The Hall–Kier alpha value is -1.80. The van der Waals surface area contributed by atoms with E-state index >= 15 is 0 Å². The largest absolute Gasteiger partial charge is 0.424 e. The van der Waals surface area contributed by atoms with Crippen molar-refractivity contribution in [3.8, 4) is 0 Å². The van der Waals surface area contributed by atoms with Gasteiger partial charge in [-0.1, -0.05) is 11.6 Å². The Kier molecular flexibility index (Phi) is 4.79. The second-order valence-corrected chi connectivity index (χ2v) is 5.49. The lowest BCUT2D eigenvalue weighted by Gasteiger charge is -2.32. The van der Waals surface area contributed by atoms with Crippen LogP contribution in [0.3, 0.4) is 0 Å². The van der Waals surface area contributed by atoms with Gasteiger partial charge in [-0.3, -0.25) is 4.90 Å². The van der Waals surface area contributed by atoms with Gasteiger partial charge in [-0.05, 0) is 19.4 Å². The Morgan fingerprint density at radius 1 is 1.32 bits per heavy atom. The summed E-state index contributed by atoms with van der Waals surface area (Å²) in [5.74, 6) is 2.57. The summed E-state index contributed by atoms with van der Waals surface area (Å²) < 4.78 is 16.0. The van der Waals surface area contributed by atoms with Crippen molar-refractivity contribution in [1.82, 2.24) is 25.2 Å². The fourth-order valence-electron chi connectivity index (χ4n) is 2.73. The van der Waals surface area contributed by atoms with E-state index in [1.54, 1.807) is 14.0 Å². The molecule has 1 aliphatic heterocycles. The number of methoxy groups -OCH3 is 1. The van der Waals surface area contributed by atoms with Crippen LogP contribution in [0.1, 0.15) is 48.8 Å². The first-order chi connectivity index (χ1) is 10.8. The first-order valence-electron chi connectivity index (χ1n) is 7.60. The molecule has 22 heavy (non-hydrogen) atoms. The minimum Gasteiger partial charge on any atom is -0.424 e. The number of piperidine rings is 1. The fourth-order valence-corrected chi connectivity index (χ4v) is 2.73. The minimum absolute atomic E-state index is 0.116. The molecule has 0 unspecified atom stereocenters. The quantitative estimate of drug-likeness (QED) is 0.796. The normalized spacial score (nSPS) is 19.6. The van der Waals surface area contributed by atoms with Gasteiger partial charge < -0.3 is 13.7 Å². The first kappa shape index (κ1) is 15.1. The summed E-state index contributed by atoms with van der Waals surface area (Å²) in [5.41, 5.74) is 0. The second-order valence-electron chi connectivity index (χ2n) is 5.49. The summed E-state index contributed by atoms with van der Waals surface area (Å²) in [7, 11) is 1.66. The Bertz CT molecular complexity index is 597. The van der Waals surface area contributed by atoms with E-state index in [4.69, 9.17) is 13.7 Å². The Labute approximate surface area is 128 Å². The Morgan fingerprint density at radius 3 is 3.00 bits per heavy atom. The molecule has 3 rings (SSSR count). The zero-order valence-electron chi connectivity index (χ0n) is 13.0. The number of ether oxygens (including phenoxy) is 1. The predicted molar refractivity (Wildman–Crippen MR) is 75.9 cm³/mol. The van der Waals surface area contributed by atoms with Gasteiger partial charge in [0.15, 0.2) is 5.82 Å². The molecule has 3 heterocycles. The highest BCUT2D eigenvalue weighted by Crippen LogP contribution is 2.31. The number of hydrogen-bond acceptors (Lipinski definition) is 8. The van der Waals surface area contributed by atoms with Gasteiger partial charge in [0, 0.05) is 20.5 Å². The van der Waals surface area contributed by atoms with Crippen molar-refractivity contribution in [2.75, 3.05) is 20.3 Å². The maximum Gasteiger partial charge on any atom is 0.244 e. The lowest BCUT2D eigenvalue weighted by Crippen LogP contribution is -2.33. The van der Waals surface area contributed by atoms with E-state index in [-0.39, 0.29) is 6.04 Å². The summed E-state index contributed by atoms with van der Waals surface area (Å²) >= 11 is 0. The number of aryl methyl sites for hydroxylation is 1. The second kappa shape index (κ2) is 6.97. The molecule has 0 amide bonds. The number of hydrogen-bond donors (Lipinski definition) is 0. The van der Waals surface area contributed by atoms with Crippen molar-refractivity contribution in [3.05, 3.63) is 23.5 Å². The van der Waals surface area contributed by atoms with Crippen LogP contribution in [0.2, 0.25) is 0 Å². The van der Waals surface area contributed by atoms with Gasteiger partial charge in [-0.2, -0.15) is 4.98 Å². The van der Waals surface area contributed by atoms with E-state index in [1.165, 1.54) is 0 Å². The lowest BCUT2D eigenvalue weighted by molar-refractivity contribution is 0.101. The molecule has 0 radical (unpaired) electrons. The van der Waals surface area contributed by atoms with Crippen molar-refractivity contribution in [2.45, 2.75) is 45.2 Å². The van der Waals surface area contributed by atoms with Crippen molar-refractivity contribution < 1.29 is 13.7 Å². The molecule has 0 aliphatic carbocycles. The Balaban J connectivity index is 1.70. The fraction of sp³-hybridized carbons (Fsp3) is 0.714. The van der Waals surface area contributed by atoms with Gasteiger partial charge in [0.25, 0.3) is 0 Å².